The van der Waals surface area contributed by atoms with Crippen LogP contribution in [0, 0.1) is 12.8 Å². The molecule has 11 heteroatoms. The minimum atomic E-state index is -0.783. The average Bonchev–Trinajstić information content (AvgIpc) is 3.61. The Morgan fingerprint density at radius 2 is 1.97 bits per heavy atom. The molecule has 0 saturated carbocycles. The van der Waals surface area contributed by atoms with Crippen molar-refractivity contribution in [3.63, 3.8) is 0 Å². The second kappa shape index (κ2) is 11.4. The fourth-order valence-electron chi connectivity index (χ4n) is 5.11. The number of carbonyl (C=O) groups excluding carboxylic acids is 2. The number of aryl methyl sites for hydroxylation is 1. The Morgan fingerprint density at radius 1 is 1.23 bits per heavy atom. The number of hydrogen-bond acceptors (Lipinski definition) is 9. The van der Waals surface area contributed by atoms with Gasteiger partial charge in [0.1, 0.15) is 18.1 Å². The summed E-state index contributed by atoms with van der Waals surface area (Å²) < 4.78 is 11.3. The summed E-state index contributed by atoms with van der Waals surface area (Å²) in [5, 5.41) is 20.6. The van der Waals surface area contributed by atoms with E-state index in [0.717, 1.165) is 34.8 Å². The van der Waals surface area contributed by atoms with Crippen LogP contribution in [-0.4, -0.2) is 69.8 Å². The molecule has 2 aromatic heterocycles. The highest BCUT2D eigenvalue weighted by Gasteiger charge is 2.43. The number of amides is 2. The molecular formula is C28H35N5O5S. The van der Waals surface area contributed by atoms with Crippen LogP contribution in [0.3, 0.4) is 0 Å². The number of benzene rings is 1. The monoisotopic (exact) mass is 553 g/mol. The highest BCUT2D eigenvalue weighted by molar-refractivity contribution is 7.13. The number of aliphatic hydroxyl groups is 1. The second-order valence-corrected chi connectivity index (χ2v) is 11.6. The minimum Gasteiger partial charge on any atom is -0.469 e. The quantitative estimate of drug-likeness (QED) is 0.369. The maximum absolute atomic E-state index is 13.8. The standard InChI is InChI=1S/C28H35N5O5S/c1-15(2)25(23-10-24(32-38-23)37-21-11-29-12-21)28(36)33-13-20(34)9-22(33)27(35)31-16(3)18-5-7-19(8-6-18)26-17(4)30-14-39-26/h5-8,10,14-16,20-22,25,29,34H,9,11-13H2,1-4H3,(H,31,35)/t16-,20+,22-,25-/m0/s1. The zero-order chi connectivity index (χ0) is 27.7. The van der Waals surface area contributed by atoms with E-state index in [-0.39, 0.29) is 42.8 Å². The fraction of sp³-hybridized carbons (Fsp3) is 0.500. The number of aliphatic hydroxyl groups excluding tert-OH is 1. The summed E-state index contributed by atoms with van der Waals surface area (Å²) in [6, 6.07) is 8.63. The Hall–Kier alpha value is -3.28. The van der Waals surface area contributed by atoms with Crippen molar-refractivity contribution in [3.8, 4) is 16.3 Å². The zero-order valence-electron chi connectivity index (χ0n) is 22.6. The number of β-amino-alcohol motifs (C(OH)–C–C–N with tert-alkyl or cyclic N) is 1. The van der Waals surface area contributed by atoms with Gasteiger partial charge in [0.15, 0.2) is 5.76 Å². The summed E-state index contributed by atoms with van der Waals surface area (Å²) in [4.78, 5) is 34.1. The molecule has 2 aliphatic heterocycles. The number of likely N-dealkylation sites (tertiary alicyclic amines) is 1. The van der Waals surface area contributed by atoms with Crippen LogP contribution in [0.4, 0.5) is 0 Å². The van der Waals surface area contributed by atoms with E-state index in [1.807, 2.05) is 57.5 Å². The van der Waals surface area contributed by atoms with Gasteiger partial charge in [0.2, 0.25) is 11.8 Å². The van der Waals surface area contributed by atoms with Crippen molar-refractivity contribution in [3.05, 3.63) is 52.9 Å². The molecule has 1 aromatic carbocycles. The van der Waals surface area contributed by atoms with Crippen LogP contribution in [-0.2, 0) is 9.59 Å². The van der Waals surface area contributed by atoms with Crippen LogP contribution < -0.4 is 15.4 Å². The molecule has 2 fully saturated rings. The van der Waals surface area contributed by atoms with Gasteiger partial charge in [-0.25, -0.2) is 4.98 Å². The van der Waals surface area contributed by atoms with Gasteiger partial charge >= 0.3 is 0 Å². The summed E-state index contributed by atoms with van der Waals surface area (Å²) in [6.07, 6.45) is -0.569. The van der Waals surface area contributed by atoms with Gasteiger partial charge in [0.25, 0.3) is 5.88 Å². The van der Waals surface area contributed by atoms with Gasteiger partial charge in [-0.3, -0.25) is 9.59 Å². The van der Waals surface area contributed by atoms with E-state index in [4.69, 9.17) is 9.26 Å². The molecule has 208 valence electrons. The van der Waals surface area contributed by atoms with E-state index in [2.05, 4.69) is 20.8 Å². The molecule has 5 rings (SSSR count). The number of nitrogens with one attached hydrogen (secondary N) is 2. The summed E-state index contributed by atoms with van der Waals surface area (Å²) >= 11 is 1.60. The molecule has 3 aromatic rings. The average molecular weight is 554 g/mol. The first kappa shape index (κ1) is 27.3. The molecule has 10 nitrogen and oxygen atoms in total. The maximum atomic E-state index is 13.8. The van der Waals surface area contributed by atoms with E-state index in [9.17, 15) is 14.7 Å². The Balaban J connectivity index is 1.27. The smallest absolute Gasteiger partial charge is 0.254 e. The Labute approximate surface area is 231 Å². The van der Waals surface area contributed by atoms with Crippen LogP contribution >= 0.6 is 11.3 Å². The largest absolute Gasteiger partial charge is 0.469 e. The van der Waals surface area contributed by atoms with E-state index in [0.29, 0.717) is 11.6 Å². The first-order valence-electron chi connectivity index (χ1n) is 13.3. The van der Waals surface area contributed by atoms with Crippen molar-refractivity contribution < 1.29 is 24.0 Å². The lowest BCUT2D eigenvalue weighted by Crippen LogP contribution is -2.50. The summed E-state index contributed by atoms with van der Waals surface area (Å²) in [5.74, 6) is -0.610. The molecule has 0 aliphatic carbocycles. The molecular weight excluding hydrogens is 518 g/mol. The molecule has 0 radical (unpaired) electrons. The molecule has 0 unspecified atom stereocenters. The van der Waals surface area contributed by atoms with Crippen molar-refractivity contribution in [2.45, 2.75) is 64.3 Å². The van der Waals surface area contributed by atoms with Crippen LogP contribution in [0.2, 0.25) is 0 Å². The lowest BCUT2D eigenvalue weighted by atomic mass is 9.91. The van der Waals surface area contributed by atoms with Crippen LogP contribution in [0.1, 0.15) is 56.2 Å². The first-order chi connectivity index (χ1) is 18.7. The van der Waals surface area contributed by atoms with Crippen LogP contribution in [0.25, 0.3) is 10.4 Å². The van der Waals surface area contributed by atoms with Crippen LogP contribution in [0.15, 0.2) is 40.4 Å². The number of aromatic nitrogens is 2. The van der Waals surface area contributed by atoms with Gasteiger partial charge in [-0.2, -0.15) is 0 Å². The summed E-state index contributed by atoms with van der Waals surface area (Å²) in [5.41, 5.74) is 4.85. The SMILES string of the molecule is Cc1ncsc1-c1ccc([C@H](C)NC(=O)[C@@H]2C[C@@H](O)CN2C(=O)[C@H](c2cc(OC3CNC3)no2)C(C)C)cc1. The number of rotatable bonds is 9. The normalized spacial score (nSPS) is 21.0. The van der Waals surface area contributed by atoms with E-state index >= 15 is 0 Å². The molecule has 4 atom stereocenters. The third kappa shape index (κ3) is 5.85. The topological polar surface area (TPSA) is 130 Å². The third-order valence-electron chi connectivity index (χ3n) is 7.42. The Kier molecular flexibility index (Phi) is 8.01. The summed E-state index contributed by atoms with van der Waals surface area (Å²) in [7, 11) is 0. The Morgan fingerprint density at radius 3 is 2.59 bits per heavy atom. The number of hydrogen-bond donors (Lipinski definition) is 3. The van der Waals surface area contributed by atoms with Gasteiger partial charge in [-0.05, 0) is 36.0 Å². The van der Waals surface area contributed by atoms with E-state index in [1.54, 1.807) is 17.4 Å². The van der Waals surface area contributed by atoms with Crippen molar-refractivity contribution in [1.29, 1.82) is 0 Å². The third-order valence-corrected chi connectivity index (χ3v) is 8.40. The molecule has 4 heterocycles. The van der Waals surface area contributed by atoms with Gasteiger partial charge in [0, 0.05) is 32.1 Å². The molecule has 0 bridgehead atoms. The van der Waals surface area contributed by atoms with Crippen molar-refractivity contribution >= 4 is 23.2 Å². The van der Waals surface area contributed by atoms with Gasteiger partial charge in [-0.15, -0.1) is 11.3 Å². The predicted molar refractivity (Wildman–Crippen MR) is 146 cm³/mol. The molecule has 3 N–H and O–H groups in total. The van der Waals surface area contributed by atoms with Gasteiger partial charge in [-0.1, -0.05) is 38.1 Å². The fourth-order valence-corrected chi connectivity index (χ4v) is 5.92. The lowest BCUT2D eigenvalue weighted by molar-refractivity contribution is -0.141. The minimum absolute atomic E-state index is 0.0352. The number of nitrogens with zero attached hydrogens (tertiary/aromatic N) is 3. The predicted octanol–water partition coefficient (Wildman–Crippen LogP) is 3.04. The highest BCUT2D eigenvalue weighted by Crippen LogP contribution is 2.33. The van der Waals surface area contributed by atoms with E-state index < -0.39 is 18.1 Å². The van der Waals surface area contributed by atoms with Gasteiger partial charge < -0.3 is 29.9 Å². The number of ether oxygens (including phenoxy) is 1. The maximum Gasteiger partial charge on any atom is 0.254 e. The molecule has 39 heavy (non-hydrogen) atoms. The zero-order valence-corrected chi connectivity index (χ0v) is 23.4. The Bertz CT molecular complexity index is 1300. The first-order valence-corrected chi connectivity index (χ1v) is 14.2. The molecule has 2 saturated heterocycles. The number of thiazole rings is 1. The summed E-state index contributed by atoms with van der Waals surface area (Å²) in [6.45, 7) is 9.30. The van der Waals surface area contributed by atoms with Crippen molar-refractivity contribution in [2.75, 3.05) is 19.6 Å². The van der Waals surface area contributed by atoms with Crippen molar-refractivity contribution in [1.82, 2.24) is 25.7 Å². The second-order valence-electron chi connectivity index (χ2n) is 10.7. The lowest BCUT2D eigenvalue weighted by Gasteiger charge is -2.29. The molecule has 2 aliphatic rings. The number of carbonyl (C=O) groups is 2. The molecule has 2 amide bonds. The molecule has 0 spiro atoms. The highest BCUT2D eigenvalue weighted by atomic mass is 32.1. The van der Waals surface area contributed by atoms with E-state index in [1.165, 1.54) is 4.90 Å². The van der Waals surface area contributed by atoms with Crippen LogP contribution in [0.5, 0.6) is 5.88 Å². The van der Waals surface area contributed by atoms with Crippen molar-refractivity contribution in [2.24, 2.45) is 5.92 Å². The van der Waals surface area contributed by atoms with Gasteiger partial charge in [0.05, 0.1) is 28.2 Å².